The Labute approximate surface area is 131 Å². The van der Waals surface area contributed by atoms with E-state index in [-0.39, 0.29) is 24.3 Å². The number of benzene rings is 1. The molecule has 1 saturated carbocycles. The summed E-state index contributed by atoms with van der Waals surface area (Å²) in [5, 5.41) is 11.9. The van der Waals surface area contributed by atoms with Gasteiger partial charge in [-0.15, -0.1) is 0 Å². The maximum atomic E-state index is 12.2. The van der Waals surface area contributed by atoms with E-state index in [4.69, 9.17) is 9.84 Å². The van der Waals surface area contributed by atoms with Crippen LogP contribution in [0.25, 0.3) is 0 Å². The Kier molecular flexibility index (Phi) is 5.36. The van der Waals surface area contributed by atoms with E-state index < -0.39 is 12.0 Å². The molecule has 1 aliphatic carbocycles. The van der Waals surface area contributed by atoms with E-state index in [1.54, 1.807) is 7.11 Å². The summed E-state index contributed by atoms with van der Waals surface area (Å²) in [5.41, 5.74) is 0.788. The summed E-state index contributed by atoms with van der Waals surface area (Å²) in [6, 6.07) is 6.79. The third-order valence-corrected chi connectivity index (χ3v) is 4.30. The fourth-order valence-corrected chi connectivity index (χ4v) is 2.65. The largest absolute Gasteiger partial charge is 0.481 e. The molecular weight excluding hydrogens is 338 g/mol. The number of ether oxygens (including phenoxy) is 1. The van der Waals surface area contributed by atoms with Gasteiger partial charge in [0.2, 0.25) is 5.91 Å². The summed E-state index contributed by atoms with van der Waals surface area (Å²) >= 11 is 3.34. The minimum absolute atomic E-state index is 0.0818. The van der Waals surface area contributed by atoms with Crippen LogP contribution in [-0.4, -0.2) is 30.2 Å². The number of carboxylic acid groups (broad SMARTS) is 1. The van der Waals surface area contributed by atoms with Gasteiger partial charge in [0.15, 0.2) is 0 Å². The van der Waals surface area contributed by atoms with Crippen molar-refractivity contribution in [3.63, 3.8) is 0 Å². The van der Waals surface area contributed by atoms with E-state index in [1.807, 2.05) is 24.3 Å². The van der Waals surface area contributed by atoms with Crippen LogP contribution >= 0.6 is 15.9 Å². The highest BCUT2D eigenvalue weighted by molar-refractivity contribution is 9.10. The molecule has 1 aromatic carbocycles. The molecule has 1 aromatic rings. The van der Waals surface area contributed by atoms with Crippen molar-refractivity contribution in [1.82, 2.24) is 5.32 Å². The SMILES string of the molecule is COC1CC(C(=O)NC(CC(=O)O)c2ccc(Br)cc2)C1. The zero-order valence-corrected chi connectivity index (χ0v) is 13.3. The van der Waals surface area contributed by atoms with Crippen molar-refractivity contribution in [3.05, 3.63) is 34.3 Å². The summed E-state index contributed by atoms with van der Waals surface area (Å²) < 4.78 is 6.07. The average Bonchev–Trinajstić information content (AvgIpc) is 2.37. The molecule has 1 unspecified atom stereocenters. The van der Waals surface area contributed by atoms with Crippen LogP contribution in [0.4, 0.5) is 0 Å². The Morgan fingerprint density at radius 2 is 2.00 bits per heavy atom. The number of carbonyl (C=O) groups excluding carboxylic acids is 1. The quantitative estimate of drug-likeness (QED) is 0.821. The Bertz CT molecular complexity index is 511. The summed E-state index contributed by atoms with van der Waals surface area (Å²) in [4.78, 5) is 23.2. The maximum Gasteiger partial charge on any atom is 0.305 e. The molecule has 1 atom stereocenters. The molecule has 0 saturated heterocycles. The van der Waals surface area contributed by atoms with Gasteiger partial charge in [-0.3, -0.25) is 9.59 Å². The van der Waals surface area contributed by atoms with Gasteiger partial charge in [0, 0.05) is 17.5 Å². The van der Waals surface area contributed by atoms with Crippen LogP contribution < -0.4 is 5.32 Å². The lowest BCUT2D eigenvalue weighted by Crippen LogP contribution is -2.43. The Morgan fingerprint density at radius 3 is 2.52 bits per heavy atom. The summed E-state index contributed by atoms with van der Waals surface area (Å²) in [6.07, 6.45) is 1.41. The molecule has 0 spiro atoms. The smallest absolute Gasteiger partial charge is 0.305 e. The maximum absolute atomic E-state index is 12.2. The Balaban J connectivity index is 2.01. The first-order valence-electron chi connectivity index (χ1n) is 6.80. The Morgan fingerprint density at radius 1 is 1.38 bits per heavy atom. The highest BCUT2D eigenvalue weighted by atomic mass is 79.9. The van der Waals surface area contributed by atoms with Crippen molar-refractivity contribution in [1.29, 1.82) is 0 Å². The Hall–Kier alpha value is -1.40. The van der Waals surface area contributed by atoms with Crippen LogP contribution in [0.1, 0.15) is 30.9 Å². The van der Waals surface area contributed by atoms with Crippen molar-refractivity contribution in [3.8, 4) is 0 Å². The first-order valence-corrected chi connectivity index (χ1v) is 7.59. The molecule has 0 aliphatic heterocycles. The van der Waals surface area contributed by atoms with Crippen molar-refractivity contribution in [2.45, 2.75) is 31.4 Å². The van der Waals surface area contributed by atoms with E-state index in [9.17, 15) is 9.59 Å². The van der Waals surface area contributed by atoms with Crippen LogP contribution in [0.3, 0.4) is 0 Å². The van der Waals surface area contributed by atoms with Crippen LogP contribution in [0, 0.1) is 5.92 Å². The molecule has 1 aliphatic rings. The molecule has 2 N–H and O–H groups in total. The van der Waals surface area contributed by atoms with E-state index in [1.165, 1.54) is 0 Å². The molecule has 0 bridgehead atoms. The van der Waals surface area contributed by atoms with Gasteiger partial charge < -0.3 is 15.2 Å². The summed E-state index contributed by atoms with van der Waals surface area (Å²) in [6.45, 7) is 0. The van der Waals surface area contributed by atoms with Gasteiger partial charge in [-0.05, 0) is 30.5 Å². The van der Waals surface area contributed by atoms with Gasteiger partial charge in [0.25, 0.3) is 0 Å². The zero-order valence-electron chi connectivity index (χ0n) is 11.7. The van der Waals surface area contributed by atoms with Gasteiger partial charge in [-0.2, -0.15) is 0 Å². The zero-order chi connectivity index (χ0) is 15.4. The van der Waals surface area contributed by atoms with Crippen LogP contribution in [-0.2, 0) is 14.3 Å². The molecule has 5 nitrogen and oxygen atoms in total. The molecule has 0 aromatic heterocycles. The second-order valence-electron chi connectivity index (χ2n) is 5.24. The fraction of sp³-hybridized carbons (Fsp3) is 0.467. The third-order valence-electron chi connectivity index (χ3n) is 3.77. The van der Waals surface area contributed by atoms with E-state index in [0.717, 1.165) is 10.0 Å². The molecule has 6 heteroatoms. The molecule has 21 heavy (non-hydrogen) atoms. The number of hydrogen-bond acceptors (Lipinski definition) is 3. The van der Waals surface area contributed by atoms with Gasteiger partial charge in [-0.25, -0.2) is 0 Å². The lowest BCUT2D eigenvalue weighted by molar-refractivity contribution is -0.138. The van der Waals surface area contributed by atoms with Crippen LogP contribution in [0.15, 0.2) is 28.7 Å². The van der Waals surface area contributed by atoms with Crippen molar-refractivity contribution in [2.24, 2.45) is 5.92 Å². The van der Waals surface area contributed by atoms with Gasteiger partial charge >= 0.3 is 5.97 Å². The topological polar surface area (TPSA) is 75.6 Å². The number of hydrogen-bond donors (Lipinski definition) is 2. The van der Waals surface area contributed by atoms with Gasteiger partial charge in [-0.1, -0.05) is 28.1 Å². The van der Waals surface area contributed by atoms with Crippen molar-refractivity contribution < 1.29 is 19.4 Å². The molecule has 0 heterocycles. The summed E-state index contributed by atoms with van der Waals surface area (Å²) in [5.74, 6) is -1.12. The number of aliphatic carboxylic acids is 1. The van der Waals surface area contributed by atoms with Crippen molar-refractivity contribution >= 4 is 27.8 Å². The molecule has 114 valence electrons. The average molecular weight is 356 g/mol. The van der Waals surface area contributed by atoms with Gasteiger partial charge in [0.05, 0.1) is 18.6 Å². The second kappa shape index (κ2) is 7.04. The lowest BCUT2D eigenvalue weighted by Gasteiger charge is -2.34. The lowest BCUT2D eigenvalue weighted by atomic mass is 9.81. The van der Waals surface area contributed by atoms with E-state index in [0.29, 0.717) is 12.8 Å². The van der Waals surface area contributed by atoms with E-state index >= 15 is 0 Å². The second-order valence-corrected chi connectivity index (χ2v) is 6.15. The minimum Gasteiger partial charge on any atom is -0.481 e. The number of halogens is 1. The highest BCUT2D eigenvalue weighted by Crippen LogP contribution is 2.30. The number of nitrogens with one attached hydrogen (secondary N) is 1. The van der Waals surface area contributed by atoms with Crippen LogP contribution in [0.5, 0.6) is 0 Å². The molecule has 2 rings (SSSR count). The number of carboxylic acids is 1. The molecular formula is C15H18BrNO4. The molecule has 1 amide bonds. The first-order chi connectivity index (χ1) is 9.99. The third kappa shape index (κ3) is 4.28. The molecule has 1 fully saturated rings. The first kappa shape index (κ1) is 16.0. The predicted octanol–water partition coefficient (Wildman–Crippen LogP) is 2.51. The standard InChI is InChI=1S/C15H18BrNO4/c1-21-12-6-10(7-12)15(20)17-13(8-14(18)19)9-2-4-11(16)5-3-9/h2-5,10,12-13H,6-8H2,1H3,(H,17,20)(H,18,19). The normalized spacial score (nSPS) is 22.2. The van der Waals surface area contributed by atoms with Gasteiger partial charge in [0.1, 0.15) is 0 Å². The summed E-state index contributed by atoms with van der Waals surface area (Å²) in [7, 11) is 1.63. The van der Waals surface area contributed by atoms with Crippen molar-refractivity contribution in [2.75, 3.05) is 7.11 Å². The minimum atomic E-state index is -0.938. The molecule has 0 radical (unpaired) electrons. The van der Waals surface area contributed by atoms with E-state index in [2.05, 4.69) is 21.2 Å². The predicted molar refractivity (Wildman–Crippen MR) is 80.8 cm³/mol. The fourth-order valence-electron chi connectivity index (χ4n) is 2.38. The number of rotatable bonds is 6. The van der Waals surface area contributed by atoms with Crippen LogP contribution in [0.2, 0.25) is 0 Å². The monoisotopic (exact) mass is 355 g/mol. The number of amides is 1. The number of methoxy groups -OCH3 is 1. The highest BCUT2D eigenvalue weighted by Gasteiger charge is 2.35. The number of carbonyl (C=O) groups is 2.